The number of para-hydroxylation sites is 1. The number of carbonyl (C=O) groups excluding carboxylic acids is 2. The lowest BCUT2D eigenvalue weighted by molar-refractivity contribution is 0.0880. The van der Waals surface area contributed by atoms with E-state index < -0.39 is 11.8 Å². The number of nitrogens with zero attached hydrogens (tertiary/aromatic N) is 1. The van der Waals surface area contributed by atoms with Gasteiger partial charge in [0.25, 0.3) is 11.8 Å². The molecule has 2 amide bonds. The largest absolute Gasteiger partial charge is 0.496 e. The van der Waals surface area contributed by atoms with E-state index in [1.54, 1.807) is 13.3 Å². The van der Waals surface area contributed by atoms with Crippen LogP contribution in [0.25, 0.3) is 22.0 Å². The first-order chi connectivity index (χ1) is 11.5. The average Bonchev–Trinajstić information content (AvgIpc) is 3.03. The van der Waals surface area contributed by atoms with Crippen molar-refractivity contribution in [3.8, 4) is 16.9 Å². The minimum absolute atomic E-state index is 0. The van der Waals surface area contributed by atoms with Crippen molar-refractivity contribution in [1.82, 2.24) is 9.88 Å². The average molecular weight is 343 g/mol. The van der Waals surface area contributed by atoms with Crippen molar-refractivity contribution in [3.63, 3.8) is 0 Å². The molecule has 0 unspecified atom stereocenters. The predicted molar refractivity (Wildman–Crippen MR) is 93.8 cm³/mol. The summed E-state index contributed by atoms with van der Waals surface area (Å²) in [4.78, 5) is 24.8. The summed E-state index contributed by atoms with van der Waals surface area (Å²) in [6, 6.07) is 9.27. The van der Waals surface area contributed by atoms with Crippen LogP contribution in [0.4, 0.5) is 0 Å². The monoisotopic (exact) mass is 342 g/mol. The van der Waals surface area contributed by atoms with E-state index in [1.165, 1.54) is 0 Å². The van der Waals surface area contributed by atoms with Crippen LogP contribution in [0.15, 0.2) is 36.5 Å². The molecule has 0 atom stereocenters. The molecule has 0 saturated carbocycles. The molecule has 1 aliphatic rings. The highest BCUT2D eigenvalue weighted by molar-refractivity contribution is 6.39. The molecular formula is C18H15ClN2O3. The van der Waals surface area contributed by atoms with E-state index in [4.69, 9.17) is 16.3 Å². The van der Waals surface area contributed by atoms with Gasteiger partial charge >= 0.3 is 0 Å². The fraction of sp³-hybridized carbons (Fsp3) is 0.111. The van der Waals surface area contributed by atoms with E-state index in [0.29, 0.717) is 32.8 Å². The third-order valence-corrected chi connectivity index (χ3v) is 4.60. The number of carbonyl (C=O) groups is 2. The standard InChI is InChI=1S/C18H13ClN2O3.H2/c1-21-8-11(19)15-12(21)7-10(9-5-3-4-6-13(9)24-2)14-16(15)18(23)20-17(14)22;/h3-8H,1-2H3,(H,20,22,23);1H. The van der Waals surface area contributed by atoms with E-state index in [1.807, 2.05) is 41.9 Å². The highest BCUT2D eigenvalue weighted by Gasteiger charge is 2.34. The number of hydrogen-bond donors (Lipinski definition) is 1. The lowest BCUT2D eigenvalue weighted by Gasteiger charge is -2.12. The van der Waals surface area contributed by atoms with Crippen LogP contribution < -0.4 is 10.1 Å². The first-order valence-electron chi connectivity index (χ1n) is 7.33. The quantitative estimate of drug-likeness (QED) is 0.723. The number of fused-ring (bicyclic) bond motifs is 3. The Morgan fingerprint density at radius 3 is 2.58 bits per heavy atom. The second kappa shape index (κ2) is 5.11. The first kappa shape index (κ1) is 14.8. The zero-order valence-electron chi connectivity index (χ0n) is 13.0. The molecule has 5 nitrogen and oxygen atoms in total. The summed E-state index contributed by atoms with van der Waals surface area (Å²) in [6.07, 6.45) is 1.73. The summed E-state index contributed by atoms with van der Waals surface area (Å²) in [5.41, 5.74) is 2.84. The molecule has 24 heavy (non-hydrogen) atoms. The number of benzene rings is 2. The molecular weight excluding hydrogens is 328 g/mol. The van der Waals surface area contributed by atoms with Crippen molar-refractivity contribution in [2.24, 2.45) is 7.05 Å². The molecule has 1 aromatic heterocycles. The van der Waals surface area contributed by atoms with Crippen molar-refractivity contribution >= 4 is 34.3 Å². The summed E-state index contributed by atoms with van der Waals surface area (Å²) >= 11 is 6.29. The molecule has 0 radical (unpaired) electrons. The predicted octanol–water partition coefficient (Wildman–Crippen LogP) is 3.64. The number of aryl methyl sites for hydroxylation is 1. The van der Waals surface area contributed by atoms with E-state index in [0.717, 1.165) is 11.1 Å². The number of ether oxygens (including phenoxy) is 1. The zero-order chi connectivity index (χ0) is 17.0. The van der Waals surface area contributed by atoms with Gasteiger partial charge < -0.3 is 9.30 Å². The molecule has 0 saturated heterocycles. The Kier molecular flexibility index (Phi) is 3.15. The van der Waals surface area contributed by atoms with E-state index in [-0.39, 0.29) is 1.43 Å². The van der Waals surface area contributed by atoms with Crippen molar-refractivity contribution in [2.75, 3.05) is 7.11 Å². The van der Waals surface area contributed by atoms with Gasteiger partial charge in [-0.1, -0.05) is 29.8 Å². The Balaban J connectivity index is 0.00000182. The third-order valence-electron chi connectivity index (χ3n) is 4.31. The lowest BCUT2D eigenvalue weighted by Crippen LogP contribution is -2.20. The molecule has 4 rings (SSSR count). The molecule has 0 aliphatic carbocycles. The molecule has 0 fully saturated rings. The second-order valence-corrected chi connectivity index (χ2v) is 6.05. The Morgan fingerprint density at radius 2 is 1.83 bits per heavy atom. The van der Waals surface area contributed by atoms with Crippen LogP contribution in [-0.2, 0) is 7.05 Å². The summed E-state index contributed by atoms with van der Waals surface area (Å²) in [5.74, 6) is -0.214. The molecule has 122 valence electrons. The highest BCUT2D eigenvalue weighted by atomic mass is 35.5. The number of rotatable bonds is 2. The minimum atomic E-state index is -0.426. The van der Waals surface area contributed by atoms with Gasteiger partial charge in [0.2, 0.25) is 0 Å². The van der Waals surface area contributed by atoms with Crippen LogP contribution in [0.5, 0.6) is 5.75 Å². The number of aromatic nitrogens is 1. The van der Waals surface area contributed by atoms with E-state index >= 15 is 0 Å². The summed E-state index contributed by atoms with van der Waals surface area (Å²) in [5, 5.41) is 3.41. The molecule has 6 heteroatoms. The lowest BCUT2D eigenvalue weighted by atomic mass is 9.93. The van der Waals surface area contributed by atoms with Crippen LogP contribution in [0, 0.1) is 0 Å². The maximum absolute atomic E-state index is 12.4. The van der Waals surface area contributed by atoms with Crippen LogP contribution in [0.2, 0.25) is 5.02 Å². The summed E-state index contributed by atoms with van der Waals surface area (Å²) in [7, 11) is 3.42. The van der Waals surface area contributed by atoms with Crippen molar-refractivity contribution < 1.29 is 15.8 Å². The maximum atomic E-state index is 12.4. The number of nitrogens with one attached hydrogen (secondary N) is 1. The number of halogens is 1. The van der Waals surface area contributed by atoms with Gasteiger partial charge in [0, 0.05) is 31.2 Å². The van der Waals surface area contributed by atoms with Gasteiger partial charge in [-0.15, -0.1) is 0 Å². The number of imide groups is 1. The number of amides is 2. The van der Waals surface area contributed by atoms with Crippen LogP contribution >= 0.6 is 11.6 Å². The third kappa shape index (κ3) is 1.88. The summed E-state index contributed by atoms with van der Waals surface area (Å²) < 4.78 is 7.26. The fourth-order valence-electron chi connectivity index (χ4n) is 3.26. The number of hydrogen-bond acceptors (Lipinski definition) is 3. The van der Waals surface area contributed by atoms with Crippen LogP contribution in [0.3, 0.4) is 0 Å². The van der Waals surface area contributed by atoms with Crippen molar-refractivity contribution in [2.45, 2.75) is 0 Å². The van der Waals surface area contributed by atoms with Crippen molar-refractivity contribution in [1.29, 1.82) is 0 Å². The molecule has 0 spiro atoms. The molecule has 0 bridgehead atoms. The Bertz CT molecular complexity index is 1040. The van der Waals surface area contributed by atoms with E-state index in [2.05, 4.69) is 5.32 Å². The van der Waals surface area contributed by atoms with Gasteiger partial charge in [0.15, 0.2) is 0 Å². The minimum Gasteiger partial charge on any atom is -0.496 e. The normalized spacial score (nSPS) is 13.3. The van der Waals surface area contributed by atoms with E-state index in [9.17, 15) is 9.59 Å². The van der Waals surface area contributed by atoms with Gasteiger partial charge in [-0.25, -0.2) is 0 Å². The van der Waals surface area contributed by atoms with Crippen molar-refractivity contribution in [3.05, 3.63) is 52.7 Å². The fourth-order valence-corrected chi connectivity index (χ4v) is 3.60. The molecule has 3 aromatic rings. The van der Waals surface area contributed by atoms with Crippen LogP contribution in [0.1, 0.15) is 22.1 Å². The Morgan fingerprint density at radius 1 is 1.12 bits per heavy atom. The molecule has 1 N–H and O–H groups in total. The van der Waals surface area contributed by atoms with Gasteiger partial charge in [-0.2, -0.15) is 0 Å². The Hall–Kier alpha value is -2.79. The topological polar surface area (TPSA) is 60.3 Å². The maximum Gasteiger partial charge on any atom is 0.259 e. The smallest absolute Gasteiger partial charge is 0.259 e. The van der Waals surface area contributed by atoms with Gasteiger partial charge in [-0.05, 0) is 12.1 Å². The van der Waals surface area contributed by atoms with Gasteiger partial charge in [-0.3, -0.25) is 14.9 Å². The SMILES string of the molecule is COc1ccccc1-c1cc2c(c(Cl)cn2C)c2c1C(=O)NC2=O.[HH]. The first-order valence-corrected chi connectivity index (χ1v) is 7.71. The zero-order valence-corrected chi connectivity index (χ0v) is 13.8. The molecule has 1 aliphatic heterocycles. The number of methoxy groups -OCH3 is 1. The molecule has 2 heterocycles. The van der Waals surface area contributed by atoms with Crippen LogP contribution in [-0.4, -0.2) is 23.5 Å². The molecule has 2 aromatic carbocycles. The Labute approximate surface area is 144 Å². The second-order valence-electron chi connectivity index (χ2n) is 5.64. The van der Waals surface area contributed by atoms with Gasteiger partial charge in [0.05, 0.1) is 28.8 Å². The summed E-state index contributed by atoms with van der Waals surface area (Å²) in [6.45, 7) is 0. The van der Waals surface area contributed by atoms with Gasteiger partial charge in [0.1, 0.15) is 5.75 Å². The highest BCUT2D eigenvalue weighted by Crippen LogP contribution is 2.41.